The molecule has 0 aliphatic heterocycles. The van der Waals surface area contributed by atoms with Crippen LogP contribution in [0.3, 0.4) is 0 Å². The SMILES string of the molecule is CC(C)Sc1c(C=O)cnc2c1ccn2COCC[Si](C)(C)C. The third-order valence-corrected chi connectivity index (χ3v) is 6.34. The fourth-order valence-electron chi connectivity index (χ4n) is 2.23. The molecule has 6 heteroatoms. The normalized spacial score (nSPS) is 12.3. The molecule has 0 amide bonds. The summed E-state index contributed by atoms with van der Waals surface area (Å²) in [6, 6.07) is 3.19. The zero-order valence-electron chi connectivity index (χ0n) is 14.6. The van der Waals surface area contributed by atoms with E-state index in [4.69, 9.17) is 4.74 Å². The zero-order valence-corrected chi connectivity index (χ0v) is 16.4. The molecule has 2 heterocycles. The Morgan fingerprint density at radius 1 is 1.39 bits per heavy atom. The van der Waals surface area contributed by atoms with Crippen LogP contribution in [0.25, 0.3) is 11.0 Å². The standard InChI is InChI=1S/C17H26N2O2SSi/c1-13(2)22-16-14(11-20)10-18-17-15(16)6-7-19(17)12-21-8-9-23(3,4)5/h6-7,10-11,13H,8-9,12H2,1-5H3. The van der Waals surface area contributed by atoms with Crippen molar-refractivity contribution in [2.24, 2.45) is 0 Å². The number of carbonyl (C=O) groups excluding carboxylic acids is 1. The number of carbonyl (C=O) groups is 1. The molecular weight excluding hydrogens is 324 g/mol. The summed E-state index contributed by atoms with van der Waals surface area (Å²) < 4.78 is 7.83. The number of ether oxygens (including phenoxy) is 1. The van der Waals surface area contributed by atoms with Gasteiger partial charge < -0.3 is 9.30 Å². The highest BCUT2D eigenvalue weighted by Crippen LogP contribution is 2.32. The Bertz CT molecular complexity index is 677. The van der Waals surface area contributed by atoms with Gasteiger partial charge in [0.25, 0.3) is 0 Å². The minimum Gasteiger partial charge on any atom is -0.361 e. The van der Waals surface area contributed by atoms with E-state index in [1.54, 1.807) is 18.0 Å². The minimum atomic E-state index is -1.06. The van der Waals surface area contributed by atoms with Crippen molar-refractivity contribution in [1.82, 2.24) is 9.55 Å². The highest BCUT2D eigenvalue weighted by atomic mass is 32.2. The van der Waals surface area contributed by atoms with Crippen LogP contribution in [0.5, 0.6) is 0 Å². The Morgan fingerprint density at radius 3 is 2.74 bits per heavy atom. The third kappa shape index (κ3) is 4.93. The topological polar surface area (TPSA) is 44.1 Å². The van der Waals surface area contributed by atoms with E-state index < -0.39 is 8.07 Å². The van der Waals surface area contributed by atoms with Crippen LogP contribution in [0, 0.1) is 0 Å². The summed E-state index contributed by atoms with van der Waals surface area (Å²) in [6.07, 6.45) is 4.54. The summed E-state index contributed by atoms with van der Waals surface area (Å²) in [6.45, 7) is 12.6. The second-order valence-corrected chi connectivity index (χ2v) is 14.4. The van der Waals surface area contributed by atoms with Crippen LogP contribution in [0.15, 0.2) is 23.4 Å². The van der Waals surface area contributed by atoms with Crippen LogP contribution in [0.2, 0.25) is 25.7 Å². The Morgan fingerprint density at radius 2 is 2.13 bits per heavy atom. The number of aromatic nitrogens is 2. The Balaban J connectivity index is 2.18. The molecule has 0 atom stereocenters. The average Bonchev–Trinajstić information content (AvgIpc) is 2.86. The monoisotopic (exact) mass is 350 g/mol. The van der Waals surface area contributed by atoms with E-state index in [2.05, 4.69) is 38.5 Å². The van der Waals surface area contributed by atoms with Crippen LogP contribution in [-0.4, -0.2) is 35.8 Å². The molecule has 0 spiro atoms. The molecule has 0 fully saturated rings. The van der Waals surface area contributed by atoms with E-state index in [-0.39, 0.29) is 0 Å². The molecule has 4 nitrogen and oxygen atoms in total. The number of thioether (sulfide) groups is 1. The van der Waals surface area contributed by atoms with Crippen molar-refractivity contribution in [2.75, 3.05) is 6.61 Å². The largest absolute Gasteiger partial charge is 0.361 e. The second-order valence-electron chi connectivity index (χ2n) is 7.20. The first-order valence-corrected chi connectivity index (χ1v) is 12.6. The lowest BCUT2D eigenvalue weighted by atomic mass is 10.2. The number of hydrogen-bond donors (Lipinski definition) is 0. The van der Waals surface area contributed by atoms with Gasteiger partial charge in [-0.25, -0.2) is 4.98 Å². The van der Waals surface area contributed by atoms with Crippen LogP contribution < -0.4 is 0 Å². The zero-order chi connectivity index (χ0) is 17.0. The van der Waals surface area contributed by atoms with Gasteiger partial charge in [-0.3, -0.25) is 4.79 Å². The predicted molar refractivity (Wildman–Crippen MR) is 100 cm³/mol. The second kappa shape index (κ2) is 7.64. The molecule has 0 radical (unpaired) electrons. The van der Waals surface area contributed by atoms with E-state index in [0.717, 1.165) is 34.9 Å². The summed E-state index contributed by atoms with van der Waals surface area (Å²) in [4.78, 5) is 16.8. The fourth-order valence-corrected chi connectivity index (χ4v) is 3.98. The number of aldehydes is 1. The van der Waals surface area contributed by atoms with Gasteiger partial charge in [-0.2, -0.15) is 0 Å². The van der Waals surface area contributed by atoms with E-state index >= 15 is 0 Å². The molecule has 0 saturated carbocycles. The molecule has 0 aromatic carbocycles. The maximum atomic E-state index is 11.3. The van der Waals surface area contributed by atoms with Crippen molar-refractivity contribution < 1.29 is 9.53 Å². The van der Waals surface area contributed by atoms with E-state index in [1.807, 2.05) is 16.8 Å². The van der Waals surface area contributed by atoms with Gasteiger partial charge in [0.1, 0.15) is 12.4 Å². The molecule has 0 bridgehead atoms. The van der Waals surface area contributed by atoms with Crippen molar-refractivity contribution in [3.8, 4) is 0 Å². The van der Waals surface area contributed by atoms with Gasteiger partial charge in [0.15, 0.2) is 6.29 Å². The molecule has 23 heavy (non-hydrogen) atoms. The highest BCUT2D eigenvalue weighted by Gasteiger charge is 2.15. The molecule has 2 rings (SSSR count). The molecular formula is C17H26N2O2SSi. The van der Waals surface area contributed by atoms with Crippen LogP contribution in [-0.2, 0) is 11.5 Å². The number of pyridine rings is 1. The number of nitrogens with zero attached hydrogens (tertiary/aromatic N) is 2. The van der Waals surface area contributed by atoms with E-state index in [9.17, 15) is 4.79 Å². The summed E-state index contributed by atoms with van der Waals surface area (Å²) in [5.74, 6) is 0. The minimum absolute atomic E-state index is 0.413. The van der Waals surface area contributed by atoms with Gasteiger partial charge in [0, 0.05) is 48.2 Å². The van der Waals surface area contributed by atoms with Crippen LogP contribution >= 0.6 is 11.8 Å². The van der Waals surface area contributed by atoms with Gasteiger partial charge in [0.05, 0.1) is 0 Å². The van der Waals surface area contributed by atoms with Crippen molar-refractivity contribution in [2.45, 2.75) is 56.4 Å². The lowest BCUT2D eigenvalue weighted by Gasteiger charge is -2.15. The van der Waals surface area contributed by atoms with Gasteiger partial charge in [0.2, 0.25) is 0 Å². The summed E-state index contributed by atoms with van der Waals surface area (Å²) in [7, 11) is -1.06. The van der Waals surface area contributed by atoms with Gasteiger partial charge >= 0.3 is 0 Å². The average molecular weight is 351 g/mol. The number of rotatable bonds is 8. The van der Waals surface area contributed by atoms with Gasteiger partial charge in [-0.1, -0.05) is 33.5 Å². The van der Waals surface area contributed by atoms with Crippen LogP contribution in [0.4, 0.5) is 0 Å². The summed E-state index contributed by atoms with van der Waals surface area (Å²) in [5, 5.41) is 1.44. The number of hydrogen-bond acceptors (Lipinski definition) is 4. The third-order valence-electron chi connectivity index (χ3n) is 3.47. The van der Waals surface area contributed by atoms with Crippen molar-refractivity contribution in [3.05, 3.63) is 24.0 Å². The van der Waals surface area contributed by atoms with Crippen LogP contribution in [0.1, 0.15) is 24.2 Å². The summed E-state index contributed by atoms with van der Waals surface area (Å²) >= 11 is 1.70. The Hall–Kier alpha value is -1.11. The molecule has 126 valence electrons. The van der Waals surface area contributed by atoms with Crippen molar-refractivity contribution in [1.29, 1.82) is 0 Å². The summed E-state index contributed by atoms with van der Waals surface area (Å²) in [5.41, 5.74) is 1.54. The molecule has 0 aliphatic carbocycles. The lowest BCUT2D eigenvalue weighted by molar-refractivity contribution is 0.0899. The van der Waals surface area contributed by atoms with E-state index in [1.165, 1.54) is 0 Å². The van der Waals surface area contributed by atoms with Gasteiger partial charge in [-0.15, -0.1) is 11.8 Å². The lowest BCUT2D eigenvalue weighted by Crippen LogP contribution is -2.22. The maximum absolute atomic E-state index is 11.3. The Kier molecular flexibility index (Phi) is 6.05. The first-order valence-electron chi connectivity index (χ1n) is 7.99. The van der Waals surface area contributed by atoms with E-state index in [0.29, 0.717) is 17.5 Å². The molecule has 0 unspecified atom stereocenters. The number of fused-ring (bicyclic) bond motifs is 1. The van der Waals surface area contributed by atoms with Crippen molar-refractivity contribution in [3.63, 3.8) is 0 Å². The maximum Gasteiger partial charge on any atom is 0.152 e. The molecule has 0 saturated heterocycles. The Labute approximate surface area is 143 Å². The molecule has 2 aromatic heterocycles. The smallest absolute Gasteiger partial charge is 0.152 e. The quantitative estimate of drug-likeness (QED) is 0.300. The van der Waals surface area contributed by atoms with Gasteiger partial charge in [-0.05, 0) is 12.1 Å². The fraction of sp³-hybridized carbons (Fsp3) is 0.529. The van der Waals surface area contributed by atoms with Crippen molar-refractivity contribution >= 4 is 37.2 Å². The first kappa shape index (κ1) is 18.2. The highest BCUT2D eigenvalue weighted by molar-refractivity contribution is 8.00. The first-order chi connectivity index (χ1) is 10.8. The molecule has 0 aliphatic rings. The molecule has 2 aromatic rings. The molecule has 0 N–H and O–H groups in total. The predicted octanol–water partition coefficient (Wildman–Crippen LogP) is 4.66.